The van der Waals surface area contributed by atoms with Gasteiger partial charge in [0.25, 0.3) is 0 Å². The quantitative estimate of drug-likeness (QED) is 0.843. The van der Waals surface area contributed by atoms with Gasteiger partial charge in [-0.2, -0.15) is 0 Å². The predicted octanol–water partition coefficient (Wildman–Crippen LogP) is 3.14. The SMILES string of the molecule is CC1(C)CC(C[C@@H]2CN=CN2)=Cc2ccccc21. The van der Waals surface area contributed by atoms with Gasteiger partial charge in [0.2, 0.25) is 0 Å². The van der Waals surface area contributed by atoms with E-state index in [9.17, 15) is 0 Å². The fraction of sp³-hybridized carbons (Fsp3) is 0.438. The molecule has 1 atom stereocenters. The van der Waals surface area contributed by atoms with E-state index in [2.05, 4.69) is 54.5 Å². The third-order valence-corrected chi connectivity index (χ3v) is 3.95. The fourth-order valence-corrected chi connectivity index (χ4v) is 3.13. The number of rotatable bonds is 2. The van der Waals surface area contributed by atoms with E-state index in [4.69, 9.17) is 0 Å². The molecule has 0 saturated heterocycles. The van der Waals surface area contributed by atoms with Crippen LogP contribution in [0, 0.1) is 0 Å². The Morgan fingerprint density at radius 1 is 1.33 bits per heavy atom. The van der Waals surface area contributed by atoms with E-state index < -0.39 is 0 Å². The van der Waals surface area contributed by atoms with E-state index in [0.717, 1.165) is 19.4 Å². The Labute approximate surface area is 109 Å². The van der Waals surface area contributed by atoms with Crippen molar-refractivity contribution in [2.75, 3.05) is 6.54 Å². The van der Waals surface area contributed by atoms with Crippen LogP contribution < -0.4 is 5.32 Å². The number of nitrogens with zero attached hydrogens (tertiary/aromatic N) is 1. The summed E-state index contributed by atoms with van der Waals surface area (Å²) in [6.07, 6.45) is 6.48. The smallest absolute Gasteiger partial charge is 0.0827 e. The maximum absolute atomic E-state index is 4.25. The van der Waals surface area contributed by atoms with Gasteiger partial charge in [0.15, 0.2) is 0 Å². The van der Waals surface area contributed by atoms with E-state index in [1.54, 1.807) is 5.57 Å². The Bertz CT molecular complexity index is 504. The second-order valence-electron chi connectivity index (χ2n) is 6.01. The zero-order valence-electron chi connectivity index (χ0n) is 11.1. The lowest BCUT2D eigenvalue weighted by Crippen LogP contribution is -2.28. The number of hydrogen-bond acceptors (Lipinski definition) is 2. The summed E-state index contributed by atoms with van der Waals surface area (Å²) in [7, 11) is 0. The largest absolute Gasteiger partial charge is 0.372 e. The molecule has 1 aromatic carbocycles. The molecular weight excluding hydrogens is 220 g/mol. The predicted molar refractivity (Wildman–Crippen MR) is 77.0 cm³/mol. The molecule has 94 valence electrons. The Balaban J connectivity index is 1.87. The van der Waals surface area contributed by atoms with Gasteiger partial charge in [-0.15, -0.1) is 0 Å². The molecule has 0 amide bonds. The van der Waals surface area contributed by atoms with Crippen molar-refractivity contribution < 1.29 is 0 Å². The second-order valence-corrected chi connectivity index (χ2v) is 6.01. The molecule has 1 N–H and O–H groups in total. The zero-order valence-corrected chi connectivity index (χ0v) is 11.1. The van der Waals surface area contributed by atoms with Crippen LogP contribution in [-0.4, -0.2) is 18.9 Å². The van der Waals surface area contributed by atoms with Crippen molar-refractivity contribution in [1.29, 1.82) is 0 Å². The van der Waals surface area contributed by atoms with E-state index in [1.165, 1.54) is 11.1 Å². The highest BCUT2D eigenvalue weighted by Gasteiger charge is 2.28. The summed E-state index contributed by atoms with van der Waals surface area (Å²) in [5.74, 6) is 0. The standard InChI is InChI=1S/C16H20N2/c1-16(2)9-12(8-14-10-17-11-18-14)7-13-5-3-4-6-15(13)16/h3-7,11,14H,8-10H2,1-2H3,(H,17,18)/t14-/m1/s1. The van der Waals surface area contributed by atoms with Crippen molar-refractivity contribution in [3.05, 3.63) is 41.0 Å². The summed E-state index contributed by atoms with van der Waals surface area (Å²) >= 11 is 0. The Morgan fingerprint density at radius 3 is 2.94 bits per heavy atom. The minimum absolute atomic E-state index is 0.250. The lowest BCUT2D eigenvalue weighted by Gasteiger charge is -2.33. The normalized spacial score (nSPS) is 24.3. The number of nitrogens with one attached hydrogen (secondary N) is 1. The highest BCUT2D eigenvalue weighted by atomic mass is 15.1. The molecule has 1 aromatic rings. The van der Waals surface area contributed by atoms with Crippen molar-refractivity contribution in [2.24, 2.45) is 4.99 Å². The lowest BCUT2D eigenvalue weighted by atomic mass is 9.72. The van der Waals surface area contributed by atoms with Crippen LogP contribution in [0.2, 0.25) is 0 Å². The first kappa shape index (κ1) is 11.5. The topological polar surface area (TPSA) is 24.4 Å². The third kappa shape index (κ3) is 2.07. The molecule has 2 aliphatic rings. The first-order valence-corrected chi connectivity index (χ1v) is 6.68. The van der Waals surface area contributed by atoms with Gasteiger partial charge in [-0.1, -0.05) is 49.8 Å². The highest BCUT2D eigenvalue weighted by molar-refractivity contribution is 5.63. The Hall–Kier alpha value is -1.57. The van der Waals surface area contributed by atoms with Gasteiger partial charge in [-0.25, -0.2) is 0 Å². The molecule has 2 heteroatoms. The number of benzene rings is 1. The van der Waals surface area contributed by atoms with E-state index >= 15 is 0 Å². The molecule has 3 rings (SSSR count). The zero-order chi connectivity index (χ0) is 12.6. The Morgan fingerprint density at radius 2 is 2.17 bits per heavy atom. The molecule has 0 unspecified atom stereocenters. The molecule has 0 bridgehead atoms. The van der Waals surface area contributed by atoms with Crippen LogP contribution in [-0.2, 0) is 5.41 Å². The maximum Gasteiger partial charge on any atom is 0.0827 e. The van der Waals surface area contributed by atoms with Gasteiger partial charge in [0, 0.05) is 0 Å². The molecule has 0 fully saturated rings. The molecule has 0 radical (unpaired) electrons. The minimum Gasteiger partial charge on any atom is -0.372 e. The van der Waals surface area contributed by atoms with Crippen LogP contribution in [0.3, 0.4) is 0 Å². The number of hydrogen-bond donors (Lipinski definition) is 1. The first-order chi connectivity index (χ1) is 8.65. The van der Waals surface area contributed by atoms with E-state index in [0.29, 0.717) is 6.04 Å². The molecule has 18 heavy (non-hydrogen) atoms. The minimum atomic E-state index is 0.250. The highest BCUT2D eigenvalue weighted by Crippen LogP contribution is 2.39. The van der Waals surface area contributed by atoms with Gasteiger partial charge in [-0.3, -0.25) is 4.99 Å². The Kier molecular flexibility index (Phi) is 2.73. The van der Waals surface area contributed by atoms with Crippen LogP contribution in [0.5, 0.6) is 0 Å². The summed E-state index contributed by atoms with van der Waals surface area (Å²) in [4.78, 5) is 4.25. The molecular formula is C16H20N2. The lowest BCUT2D eigenvalue weighted by molar-refractivity contribution is 0.493. The molecule has 0 aromatic heterocycles. The van der Waals surface area contributed by atoms with Crippen LogP contribution >= 0.6 is 0 Å². The summed E-state index contributed by atoms with van der Waals surface area (Å²) in [6.45, 7) is 5.61. The van der Waals surface area contributed by atoms with Gasteiger partial charge in [0.1, 0.15) is 0 Å². The number of fused-ring (bicyclic) bond motifs is 1. The average Bonchev–Trinajstić information content (AvgIpc) is 2.81. The van der Waals surface area contributed by atoms with Crippen LogP contribution in [0.25, 0.3) is 6.08 Å². The molecule has 1 heterocycles. The summed E-state index contributed by atoms with van der Waals surface area (Å²) in [6, 6.07) is 9.27. The maximum atomic E-state index is 4.25. The van der Waals surface area contributed by atoms with Gasteiger partial charge < -0.3 is 5.32 Å². The molecule has 0 spiro atoms. The summed E-state index contributed by atoms with van der Waals surface area (Å²) in [5, 5.41) is 3.32. The van der Waals surface area contributed by atoms with Gasteiger partial charge in [-0.05, 0) is 29.4 Å². The van der Waals surface area contributed by atoms with Crippen molar-refractivity contribution in [3.63, 3.8) is 0 Å². The van der Waals surface area contributed by atoms with Gasteiger partial charge in [0.05, 0.1) is 18.9 Å². The van der Waals surface area contributed by atoms with Crippen LogP contribution in [0.15, 0.2) is 34.8 Å². The summed E-state index contributed by atoms with van der Waals surface area (Å²) in [5.41, 5.74) is 4.66. The van der Waals surface area contributed by atoms with Crippen molar-refractivity contribution in [2.45, 2.75) is 38.1 Å². The van der Waals surface area contributed by atoms with Gasteiger partial charge >= 0.3 is 0 Å². The molecule has 1 aliphatic heterocycles. The van der Waals surface area contributed by atoms with E-state index in [1.807, 2.05) is 6.34 Å². The first-order valence-electron chi connectivity index (χ1n) is 6.68. The van der Waals surface area contributed by atoms with E-state index in [-0.39, 0.29) is 5.41 Å². The summed E-state index contributed by atoms with van der Waals surface area (Å²) < 4.78 is 0. The third-order valence-electron chi connectivity index (χ3n) is 3.95. The molecule has 2 nitrogen and oxygen atoms in total. The monoisotopic (exact) mass is 240 g/mol. The van der Waals surface area contributed by atoms with Crippen LogP contribution in [0.1, 0.15) is 37.8 Å². The van der Waals surface area contributed by atoms with Crippen molar-refractivity contribution in [3.8, 4) is 0 Å². The van der Waals surface area contributed by atoms with Crippen LogP contribution in [0.4, 0.5) is 0 Å². The molecule has 0 saturated carbocycles. The molecule has 1 aliphatic carbocycles. The fourth-order valence-electron chi connectivity index (χ4n) is 3.13. The number of aliphatic imine (C=N–C) groups is 1. The second kappa shape index (κ2) is 4.27. The van der Waals surface area contributed by atoms with Crippen molar-refractivity contribution >= 4 is 12.4 Å². The van der Waals surface area contributed by atoms with Crippen molar-refractivity contribution in [1.82, 2.24) is 5.32 Å². The average molecular weight is 240 g/mol.